The zero-order chi connectivity index (χ0) is 25.5. The van der Waals surface area contributed by atoms with E-state index in [-0.39, 0.29) is 5.41 Å². The number of nitriles is 1. The predicted octanol–water partition coefficient (Wildman–Crippen LogP) is 5.74. The molecule has 8 nitrogen and oxygen atoms in total. The van der Waals surface area contributed by atoms with Crippen LogP contribution in [0.15, 0.2) is 48.9 Å². The largest absolute Gasteiger partial charge is 0.373 e. The minimum atomic E-state index is -1.56. The Morgan fingerprint density at radius 2 is 2.06 bits per heavy atom. The van der Waals surface area contributed by atoms with Gasteiger partial charge >= 0.3 is 0 Å². The summed E-state index contributed by atoms with van der Waals surface area (Å²) in [6.07, 6.45) is 5.35. The van der Waals surface area contributed by atoms with Crippen molar-refractivity contribution >= 4 is 34.0 Å². The van der Waals surface area contributed by atoms with Crippen molar-refractivity contribution in [2.75, 3.05) is 17.2 Å². The summed E-state index contributed by atoms with van der Waals surface area (Å²) in [6.45, 7) is 7.07. The van der Waals surface area contributed by atoms with Gasteiger partial charge in [-0.1, -0.05) is 55.8 Å². The van der Waals surface area contributed by atoms with Crippen LogP contribution in [0.2, 0.25) is 5.02 Å². The normalized spacial score (nSPS) is 15.8. The van der Waals surface area contributed by atoms with Crippen LogP contribution in [0.4, 0.5) is 11.5 Å². The second kappa shape index (κ2) is 9.16. The van der Waals surface area contributed by atoms with Crippen molar-refractivity contribution in [2.45, 2.75) is 45.7 Å². The van der Waals surface area contributed by atoms with Gasteiger partial charge < -0.3 is 10.6 Å². The molecule has 4 aromatic rings. The van der Waals surface area contributed by atoms with E-state index in [4.69, 9.17) is 11.6 Å². The lowest BCUT2D eigenvalue weighted by atomic mass is 9.97. The Kier molecular flexibility index (Phi) is 5.71. The number of anilines is 2. The second-order valence-corrected chi connectivity index (χ2v) is 10.4. The number of rotatable bonds is 7. The van der Waals surface area contributed by atoms with E-state index in [2.05, 4.69) is 57.8 Å². The van der Waals surface area contributed by atoms with Crippen molar-refractivity contribution in [2.24, 2.45) is 5.41 Å². The number of hydrogen-bond acceptors (Lipinski definition) is 7. The summed E-state index contributed by atoms with van der Waals surface area (Å²) in [5.41, 5.74) is 2.43. The Morgan fingerprint density at radius 1 is 1.26 bits per heavy atom. The van der Waals surface area contributed by atoms with Crippen molar-refractivity contribution < 1.29 is 1.37 Å². The molecule has 2 aromatic carbocycles. The molecule has 1 atom stereocenters. The smallest absolute Gasteiger partial charge is 0.137 e. The zero-order valence-electron chi connectivity index (χ0n) is 20.9. The van der Waals surface area contributed by atoms with Gasteiger partial charge in [-0.3, -0.25) is 0 Å². The van der Waals surface area contributed by atoms with Gasteiger partial charge in [-0.15, -0.1) is 5.10 Å². The van der Waals surface area contributed by atoms with E-state index < -0.39 is 6.02 Å². The highest BCUT2D eigenvalue weighted by Crippen LogP contribution is 2.37. The van der Waals surface area contributed by atoms with Crippen molar-refractivity contribution in [1.29, 1.82) is 5.26 Å². The standard InChI is InChI=1S/C26H27ClN8/c1-26(2,3)14-29-25-20-11-17(10-16(12-28)23(20)30-15-31-25)32-24(19-6-4-5-7-21(19)27)22-13-35(34-33-22)18-8-9-18/h4-7,10-11,13,15,18,24,32H,8-9,14H2,1-3H3,(H,29,30,31)/i24D. The van der Waals surface area contributed by atoms with Gasteiger partial charge in [0.25, 0.3) is 0 Å². The minimum absolute atomic E-state index is 0.0268. The van der Waals surface area contributed by atoms with E-state index in [1.807, 2.05) is 18.2 Å². The third-order valence-electron chi connectivity index (χ3n) is 5.75. The molecule has 1 saturated carbocycles. The monoisotopic (exact) mass is 487 g/mol. The summed E-state index contributed by atoms with van der Waals surface area (Å²) in [5.74, 6) is 0.628. The molecule has 0 radical (unpaired) electrons. The molecular weight excluding hydrogens is 460 g/mol. The van der Waals surface area contributed by atoms with Gasteiger partial charge in [0.15, 0.2) is 0 Å². The average molecular weight is 488 g/mol. The summed E-state index contributed by atoms with van der Waals surface area (Å²) < 4.78 is 11.4. The molecule has 35 heavy (non-hydrogen) atoms. The molecule has 1 aliphatic carbocycles. The number of hydrogen-bond donors (Lipinski definition) is 2. The molecule has 2 N–H and O–H groups in total. The summed E-state index contributed by atoms with van der Waals surface area (Å²) >= 11 is 6.57. The average Bonchev–Trinajstić information content (AvgIpc) is 3.57. The van der Waals surface area contributed by atoms with Crippen LogP contribution in [-0.2, 0) is 0 Å². The third-order valence-corrected chi connectivity index (χ3v) is 6.07. The molecular formula is C26H27ClN8. The molecule has 0 saturated heterocycles. The third kappa shape index (κ3) is 5.05. The van der Waals surface area contributed by atoms with Crippen LogP contribution in [0.1, 0.15) is 63.9 Å². The number of fused-ring (bicyclic) bond motifs is 1. The fourth-order valence-corrected chi connectivity index (χ4v) is 4.03. The van der Waals surface area contributed by atoms with Gasteiger partial charge in [-0.25, -0.2) is 14.6 Å². The highest BCUT2D eigenvalue weighted by atomic mass is 35.5. The van der Waals surface area contributed by atoms with Crippen molar-refractivity contribution in [1.82, 2.24) is 25.0 Å². The summed E-state index contributed by atoms with van der Waals surface area (Å²) in [6, 6.07) is 11.7. The van der Waals surface area contributed by atoms with Crippen LogP contribution >= 0.6 is 11.6 Å². The first-order valence-corrected chi connectivity index (χ1v) is 11.9. The minimum Gasteiger partial charge on any atom is -0.373 e. The van der Waals surface area contributed by atoms with Crippen LogP contribution in [0.5, 0.6) is 0 Å². The highest BCUT2D eigenvalue weighted by molar-refractivity contribution is 6.31. The zero-order valence-corrected chi connectivity index (χ0v) is 20.6. The first-order valence-electron chi connectivity index (χ1n) is 12.1. The first kappa shape index (κ1) is 21.8. The molecule has 2 aromatic heterocycles. The molecule has 0 aliphatic heterocycles. The van der Waals surface area contributed by atoms with Gasteiger partial charge in [0.1, 0.15) is 23.9 Å². The van der Waals surface area contributed by atoms with E-state index in [0.29, 0.717) is 56.8 Å². The topological polar surface area (TPSA) is 104 Å². The molecule has 178 valence electrons. The number of benzene rings is 2. The molecule has 2 heterocycles. The Morgan fingerprint density at radius 3 is 2.77 bits per heavy atom. The molecule has 0 amide bonds. The van der Waals surface area contributed by atoms with Crippen LogP contribution in [0.25, 0.3) is 10.9 Å². The fraction of sp³-hybridized carbons (Fsp3) is 0.346. The Balaban J connectivity index is 1.62. The maximum atomic E-state index is 9.91. The molecule has 0 bridgehead atoms. The van der Waals surface area contributed by atoms with Crippen molar-refractivity contribution in [3.63, 3.8) is 0 Å². The van der Waals surface area contributed by atoms with Gasteiger partial charge in [0, 0.05) is 22.6 Å². The Labute approximate surface area is 210 Å². The predicted molar refractivity (Wildman–Crippen MR) is 137 cm³/mol. The van der Waals surface area contributed by atoms with Gasteiger partial charge in [-0.05, 0) is 42.0 Å². The maximum absolute atomic E-state index is 9.91. The molecule has 1 fully saturated rings. The summed E-state index contributed by atoms with van der Waals surface area (Å²) in [4.78, 5) is 8.79. The van der Waals surface area contributed by atoms with E-state index in [1.165, 1.54) is 6.33 Å². The van der Waals surface area contributed by atoms with Crippen LogP contribution in [0, 0.1) is 16.7 Å². The molecule has 0 spiro atoms. The number of nitrogens with zero attached hydrogens (tertiary/aromatic N) is 6. The number of nitrogens with one attached hydrogen (secondary N) is 2. The van der Waals surface area contributed by atoms with E-state index >= 15 is 0 Å². The van der Waals surface area contributed by atoms with Crippen molar-refractivity contribution in [3.05, 3.63) is 70.8 Å². The quantitative estimate of drug-likeness (QED) is 0.342. The van der Waals surface area contributed by atoms with Crippen LogP contribution in [-0.4, -0.2) is 31.5 Å². The van der Waals surface area contributed by atoms with E-state index in [9.17, 15) is 6.63 Å². The fourth-order valence-electron chi connectivity index (χ4n) is 3.80. The number of aromatic nitrogens is 5. The summed E-state index contributed by atoms with van der Waals surface area (Å²) in [5, 5.41) is 26.3. The lowest BCUT2D eigenvalue weighted by molar-refractivity contribution is 0.442. The highest BCUT2D eigenvalue weighted by Gasteiger charge is 2.27. The van der Waals surface area contributed by atoms with Gasteiger partial charge in [0.2, 0.25) is 0 Å². The molecule has 9 heteroatoms. The summed E-state index contributed by atoms with van der Waals surface area (Å²) in [7, 11) is 0. The lowest BCUT2D eigenvalue weighted by Crippen LogP contribution is -2.20. The van der Waals surface area contributed by atoms with Crippen LogP contribution < -0.4 is 10.6 Å². The lowest BCUT2D eigenvalue weighted by Gasteiger charge is -2.21. The maximum Gasteiger partial charge on any atom is 0.137 e. The molecule has 1 unspecified atom stereocenters. The van der Waals surface area contributed by atoms with Crippen molar-refractivity contribution in [3.8, 4) is 6.07 Å². The van der Waals surface area contributed by atoms with Gasteiger partial charge in [0.05, 0.1) is 30.7 Å². The second-order valence-electron chi connectivity index (χ2n) is 9.96. The first-order chi connectivity index (χ1) is 17.2. The van der Waals surface area contributed by atoms with E-state index in [1.54, 1.807) is 29.1 Å². The molecule has 1 aliphatic rings. The van der Waals surface area contributed by atoms with Crippen LogP contribution in [0.3, 0.4) is 0 Å². The SMILES string of the molecule is [2H]C(Nc1cc(C#N)c2ncnc(NCC(C)(C)C)c2c1)(c1cn(C2CC2)nn1)c1ccccc1Cl. The number of halogens is 1. The Hall–Kier alpha value is -3.70. The Bertz CT molecular complexity index is 1470. The van der Waals surface area contributed by atoms with Gasteiger partial charge in [-0.2, -0.15) is 5.26 Å². The van der Waals surface area contributed by atoms with E-state index in [0.717, 1.165) is 12.8 Å². The molecule has 5 rings (SSSR count).